The third kappa shape index (κ3) is 3.20. The summed E-state index contributed by atoms with van der Waals surface area (Å²) in [6.07, 6.45) is 8.44. The zero-order valence-electron chi connectivity index (χ0n) is 12.2. The Kier molecular flexibility index (Phi) is 5.16. The molecule has 0 spiro atoms. The summed E-state index contributed by atoms with van der Waals surface area (Å²) >= 11 is 0. The average Bonchev–Trinajstić information content (AvgIpc) is 2.46. The highest BCUT2D eigenvalue weighted by atomic mass is 19.2. The molecule has 0 N–H and O–H groups in total. The highest BCUT2D eigenvalue weighted by Crippen LogP contribution is 2.35. The van der Waals surface area contributed by atoms with Gasteiger partial charge in [0.2, 0.25) is 5.82 Å². The average molecular weight is 280 g/mol. The van der Waals surface area contributed by atoms with E-state index in [9.17, 15) is 8.78 Å². The Balaban J connectivity index is 2.18. The minimum Gasteiger partial charge on any atom is -0.491 e. The van der Waals surface area contributed by atoms with Gasteiger partial charge in [0, 0.05) is 5.92 Å². The first-order chi connectivity index (χ1) is 9.67. The fourth-order valence-electron chi connectivity index (χ4n) is 2.85. The van der Waals surface area contributed by atoms with E-state index < -0.39 is 11.6 Å². The molecular formula is C17H22F2O. The Hall–Kier alpha value is -1.38. The molecule has 0 amide bonds. The number of ether oxygens (including phenoxy) is 1. The Morgan fingerprint density at radius 3 is 2.50 bits per heavy atom. The maximum absolute atomic E-state index is 14.1. The van der Waals surface area contributed by atoms with Crippen LogP contribution in [-0.2, 0) is 0 Å². The maximum atomic E-state index is 14.1. The van der Waals surface area contributed by atoms with Crippen molar-refractivity contribution in [2.75, 3.05) is 6.61 Å². The van der Waals surface area contributed by atoms with Crippen LogP contribution < -0.4 is 4.74 Å². The van der Waals surface area contributed by atoms with Crippen LogP contribution in [0.15, 0.2) is 24.3 Å². The topological polar surface area (TPSA) is 9.23 Å². The van der Waals surface area contributed by atoms with Crippen molar-refractivity contribution < 1.29 is 13.5 Å². The molecule has 0 saturated heterocycles. The standard InChI is InChI=1S/C17H22F2O/c1-3-5-12-6-8-13(9-7-12)14-10-11-15(20-4-2)17(19)16(14)18/h6,8,10-13H,3-5,7,9H2,1-2H3. The first-order valence-electron chi connectivity index (χ1n) is 7.46. The molecule has 1 aromatic rings. The van der Waals surface area contributed by atoms with Crippen molar-refractivity contribution in [1.29, 1.82) is 0 Å². The number of allylic oxidation sites excluding steroid dienone is 2. The molecule has 20 heavy (non-hydrogen) atoms. The first-order valence-corrected chi connectivity index (χ1v) is 7.46. The molecule has 3 heteroatoms. The van der Waals surface area contributed by atoms with E-state index in [1.807, 2.05) is 6.08 Å². The first kappa shape index (κ1) is 15.0. The molecule has 0 heterocycles. The van der Waals surface area contributed by atoms with Crippen LogP contribution >= 0.6 is 0 Å². The van der Waals surface area contributed by atoms with Crippen LogP contribution in [0.1, 0.15) is 51.0 Å². The number of rotatable bonds is 5. The molecule has 1 aromatic carbocycles. The van der Waals surface area contributed by atoms with Crippen LogP contribution in [0.5, 0.6) is 5.75 Å². The lowest BCUT2D eigenvalue weighted by Gasteiger charge is -2.23. The van der Waals surface area contributed by atoms with Gasteiger partial charge in [0.05, 0.1) is 6.61 Å². The van der Waals surface area contributed by atoms with Crippen LogP contribution in [0.4, 0.5) is 8.78 Å². The van der Waals surface area contributed by atoms with Gasteiger partial charge in [0.25, 0.3) is 0 Å². The summed E-state index contributed by atoms with van der Waals surface area (Å²) in [4.78, 5) is 0. The lowest BCUT2D eigenvalue weighted by Crippen LogP contribution is -2.10. The van der Waals surface area contributed by atoms with Gasteiger partial charge in [-0.3, -0.25) is 0 Å². The summed E-state index contributed by atoms with van der Waals surface area (Å²) in [6, 6.07) is 3.18. The fourth-order valence-corrected chi connectivity index (χ4v) is 2.85. The molecule has 110 valence electrons. The second-order valence-corrected chi connectivity index (χ2v) is 5.33. The summed E-state index contributed by atoms with van der Waals surface area (Å²) in [5, 5.41) is 0. The van der Waals surface area contributed by atoms with Gasteiger partial charge in [-0.25, -0.2) is 4.39 Å². The van der Waals surface area contributed by atoms with Crippen LogP contribution in [0.2, 0.25) is 0 Å². The zero-order valence-corrected chi connectivity index (χ0v) is 12.2. The van der Waals surface area contributed by atoms with Gasteiger partial charge in [-0.1, -0.05) is 31.6 Å². The summed E-state index contributed by atoms with van der Waals surface area (Å²) in [7, 11) is 0. The molecule has 1 nitrogen and oxygen atoms in total. The van der Waals surface area contributed by atoms with Crippen molar-refractivity contribution in [2.45, 2.75) is 45.4 Å². The summed E-state index contributed by atoms with van der Waals surface area (Å²) in [6.45, 7) is 4.25. The van der Waals surface area contributed by atoms with E-state index in [0.717, 1.165) is 19.3 Å². The zero-order chi connectivity index (χ0) is 14.5. The van der Waals surface area contributed by atoms with E-state index >= 15 is 0 Å². The highest BCUT2D eigenvalue weighted by molar-refractivity contribution is 5.35. The van der Waals surface area contributed by atoms with Crippen LogP contribution in [0.25, 0.3) is 0 Å². The molecule has 0 aliphatic heterocycles. The summed E-state index contributed by atoms with van der Waals surface area (Å²) < 4.78 is 33.1. The summed E-state index contributed by atoms with van der Waals surface area (Å²) in [5.74, 6) is -1.06. The number of hydrogen-bond donors (Lipinski definition) is 0. The van der Waals surface area contributed by atoms with Gasteiger partial charge in [0.1, 0.15) is 0 Å². The molecule has 1 aliphatic carbocycles. The Morgan fingerprint density at radius 2 is 1.90 bits per heavy atom. The third-order valence-corrected chi connectivity index (χ3v) is 3.90. The minimum atomic E-state index is -0.867. The predicted octanol–water partition coefficient (Wildman–Crippen LogP) is 5.21. The van der Waals surface area contributed by atoms with E-state index in [0.29, 0.717) is 18.1 Å². The van der Waals surface area contributed by atoms with E-state index in [1.165, 1.54) is 12.5 Å². The molecule has 2 atom stereocenters. The largest absolute Gasteiger partial charge is 0.491 e. The molecule has 0 aromatic heterocycles. The van der Waals surface area contributed by atoms with Crippen molar-refractivity contribution in [2.24, 2.45) is 5.92 Å². The quantitative estimate of drug-likeness (QED) is 0.672. The van der Waals surface area contributed by atoms with Crippen LogP contribution in [0.3, 0.4) is 0 Å². The van der Waals surface area contributed by atoms with Crippen LogP contribution in [0, 0.1) is 17.6 Å². The van der Waals surface area contributed by atoms with Gasteiger partial charge in [-0.15, -0.1) is 0 Å². The molecule has 0 bridgehead atoms. The Morgan fingerprint density at radius 1 is 1.10 bits per heavy atom. The number of hydrogen-bond acceptors (Lipinski definition) is 1. The normalized spacial score (nSPS) is 22.0. The molecule has 2 rings (SSSR count). The van der Waals surface area contributed by atoms with Gasteiger partial charge in [-0.05, 0) is 43.7 Å². The van der Waals surface area contributed by atoms with Crippen molar-refractivity contribution in [3.8, 4) is 5.75 Å². The number of benzene rings is 1. The van der Waals surface area contributed by atoms with Gasteiger partial charge in [-0.2, -0.15) is 4.39 Å². The molecular weight excluding hydrogens is 258 g/mol. The fraction of sp³-hybridized carbons (Fsp3) is 0.529. The van der Waals surface area contributed by atoms with E-state index in [1.54, 1.807) is 13.0 Å². The van der Waals surface area contributed by atoms with Gasteiger partial charge < -0.3 is 4.74 Å². The van der Waals surface area contributed by atoms with Gasteiger partial charge in [0.15, 0.2) is 11.6 Å². The molecule has 0 radical (unpaired) electrons. The number of halogens is 2. The molecule has 0 saturated carbocycles. The summed E-state index contributed by atoms with van der Waals surface area (Å²) in [5.41, 5.74) is 0.442. The molecule has 1 aliphatic rings. The second-order valence-electron chi connectivity index (χ2n) is 5.33. The second kappa shape index (κ2) is 6.87. The SMILES string of the molecule is CCCC1C=CC(c2ccc(OCC)c(F)c2F)CC1. The molecule has 0 fully saturated rings. The lowest BCUT2D eigenvalue weighted by molar-refractivity contribution is 0.312. The monoisotopic (exact) mass is 280 g/mol. The van der Waals surface area contributed by atoms with Crippen LogP contribution in [-0.4, -0.2) is 6.61 Å². The Bertz CT molecular complexity index is 482. The van der Waals surface area contributed by atoms with Crippen molar-refractivity contribution >= 4 is 0 Å². The smallest absolute Gasteiger partial charge is 0.200 e. The van der Waals surface area contributed by atoms with Crippen molar-refractivity contribution in [1.82, 2.24) is 0 Å². The predicted molar refractivity (Wildman–Crippen MR) is 77.0 cm³/mol. The van der Waals surface area contributed by atoms with Gasteiger partial charge >= 0.3 is 0 Å². The Labute approximate surface area is 119 Å². The minimum absolute atomic E-state index is 0.00241. The third-order valence-electron chi connectivity index (χ3n) is 3.90. The maximum Gasteiger partial charge on any atom is 0.200 e. The lowest BCUT2D eigenvalue weighted by atomic mass is 9.82. The van der Waals surface area contributed by atoms with Crippen molar-refractivity contribution in [3.63, 3.8) is 0 Å². The highest BCUT2D eigenvalue weighted by Gasteiger charge is 2.22. The van der Waals surface area contributed by atoms with E-state index in [2.05, 4.69) is 13.0 Å². The van der Waals surface area contributed by atoms with E-state index in [4.69, 9.17) is 4.74 Å². The van der Waals surface area contributed by atoms with E-state index in [-0.39, 0.29) is 11.7 Å². The molecule has 2 unspecified atom stereocenters. The van der Waals surface area contributed by atoms with Crippen molar-refractivity contribution in [3.05, 3.63) is 41.5 Å².